The van der Waals surface area contributed by atoms with Crippen LogP contribution in [0.5, 0.6) is 0 Å². The van der Waals surface area contributed by atoms with Crippen molar-refractivity contribution in [1.29, 1.82) is 5.41 Å². The topological polar surface area (TPSA) is 89.1 Å². The summed E-state index contributed by atoms with van der Waals surface area (Å²) in [7, 11) is 0. The molecule has 1 heterocycles. The molecule has 0 aliphatic carbocycles. The van der Waals surface area contributed by atoms with Crippen molar-refractivity contribution in [2.75, 3.05) is 6.61 Å². The molecule has 84 valence electrons. The van der Waals surface area contributed by atoms with Crippen molar-refractivity contribution in [2.45, 2.75) is 13.3 Å². The normalized spacial score (nSPS) is 9.13. The summed E-state index contributed by atoms with van der Waals surface area (Å²) in [6.45, 7) is 2.11. The number of esters is 1. The number of carbonyl (C=O) groups is 1. The summed E-state index contributed by atoms with van der Waals surface area (Å²) in [5, 5.41) is 9.26. The van der Waals surface area contributed by atoms with Gasteiger partial charge in [0.25, 0.3) is 0 Å². The van der Waals surface area contributed by atoms with E-state index in [0.717, 1.165) is 0 Å². The van der Waals surface area contributed by atoms with Gasteiger partial charge in [-0.15, -0.1) is 23.7 Å². The maximum Gasteiger partial charge on any atom is 0.311 e. The number of nitrogens with one attached hydrogen (secondary N) is 1. The van der Waals surface area contributed by atoms with Crippen LogP contribution in [0.1, 0.15) is 17.6 Å². The number of nitrogen functional groups attached to an aromatic ring is 1. The number of ether oxygens (including phenoxy) is 1. The zero-order valence-corrected chi connectivity index (χ0v) is 9.78. The molecular weight excluding hydrogens is 238 g/mol. The van der Waals surface area contributed by atoms with E-state index in [1.807, 2.05) is 0 Å². The van der Waals surface area contributed by atoms with E-state index in [-0.39, 0.29) is 30.6 Å². The van der Waals surface area contributed by atoms with Crippen molar-refractivity contribution >= 4 is 35.5 Å². The van der Waals surface area contributed by atoms with Gasteiger partial charge in [0, 0.05) is 5.38 Å². The first-order chi connectivity index (χ1) is 6.63. The van der Waals surface area contributed by atoms with Gasteiger partial charge in [0.05, 0.1) is 18.7 Å². The average Bonchev–Trinajstić information content (AvgIpc) is 2.53. The van der Waals surface area contributed by atoms with Crippen LogP contribution in [-0.2, 0) is 16.0 Å². The Kier molecular flexibility index (Phi) is 5.88. The minimum atomic E-state index is -0.312. The second-order valence-corrected chi connectivity index (χ2v) is 3.40. The predicted molar refractivity (Wildman–Crippen MR) is 60.7 cm³/mol. The molecule has 1 rings (SSSR count). The molecule has 0 fully saturated rings. The van der Waals surface area contributed by atoms with Gasteiger partial charge in [-0.05, 0) is 6.92 Å². The number of carbonyl (C=O) groups excluding carboxylic acids is 1. The zero-order chi connectivity index (χ0) is 10.6. The highest BCUT2D eigenvalue weighted by Gasteiger charge is 2.09. The molecule has 3 N–H and O–H groups in total. The molecule has 0 aromatic carbocycles. The van der Waals surface area contributed by atoms with Crippen LogP contribution in [0.25, 0.3) is 0 Å². The number of nitrogens with two attached hydrogens (primary N) is 1. The molecular formula is C8H12ClN3O2S. The number of halogens is 1. The first-order valence-electron chi connectivity index (χ1n) is 4.08. The predicted octanol–water partition coefficient (Wildman–Crippen LogP) is 0.955. The fraction of sp³-hybridized carbons (Fsp3) is 0.375. The monoisotopic (exact) mass is 249 g/mol. The molecule has 1 aromatic rings. The van der Waals surface area contributed by atoms with E-state index in [1.54, 1.807) is 12.3 Å². The summed E-state index contributed by atoms with van der Waals surface area (Å²) in [6.07, 6.45) is 0.137. The second-order valence-electron chi connectivity index (χ2n) is 2.54. The molecule has 0 bridgehead atoms. The molecule has 0 aliphatic rings. The number of hydrogen-bond donors (Lipinski definition) is 2. The van der Waals surface area contributed by atoms with Crippen LogP contribution < -0.4 is 5.73 Å². The molecule has 0 unspecified atom stereocenters. The highest BCUT2D eigenvalue weighted by Crippen LogP contribution is 2.09. The van der Waals surface area contributed by atoms with E-state index in [1.165, 1.54) is 11.3 Å². The Morgan fingerprint density at radius 2 is 2.40 bits per heavy atom. The minimum absolute atomic E-state index is 0. The number of aromatic nitrogens is 1. The first kappa shape index (κ1) is 13.9. The Hall–Kier alpha value is -1.14. The van der Waals surface area contributed by atoms with Crippen molar-refractivity contribution < 1.29 is 9.53 Å². The third-order valence-electron chi connectivity index (χ3n) is 1.41. The maximum atomic E-state index is 11.0. The highest BCUT2D eigenvalue weighted by molar-refractivity contribution is 7.11. The van der Waals surface area contributed by atoms with Gasteiger partial charge in [0.2, 0.25) is 0 Å². The van der Waals surface area contributed by atoms with Gasteiger partial charge in [-0.3, -0.25) is 10.2 Å². The second kappa shape index (κ2) is 6.36. The molecule has 0 atom stereocenters. The van der Waals surface area contributed by atoms with Crippen LogP contribution in [0, 0.1) is 5.41 Å². The van der Waals surface area contributed by atoms with Gasteiger partial charge in [-0.25, -0.2) is 4.98 Å². The number of thiazole rings is 1. The summed E-state index contributed by atoms with van der Waals surface area (Å²) in [6, 6.07) is 0. The Labute approximate surface area is 97.6 Å². The van der Waals surface area contributed by atoms with Gasteiger partial charge < -0.3 is 10.5 Å². The third kappa shape index (κ3) is 4.26. The van der Waals surface area contributed by atoms with Crippen molar-refractivity contribution in [3.05, 3.63) is 16.1 Å². The van der Waals surface area contributed by atoms with Gasteiger partial charge in [-0.1, -0.05) is 0 Å². The Balaban J connectivity index is 0.00000196. The zero-order valence-electron chi connectivity index (χ0n) is 8.15. The van der Waals surface area contributed by atoms with Gasteiger partial charge in [0.15, 0.2) is 10.8 Å². The van der Waals surface area contributed by atoms with E-state index in [0.29, 0.717) is 17.3 Å². The van der Waals surface area contributed by atoms with Gasteiger partial charge in [-0.2, -0.15) is 0 Å². The molecule has 0 amide bonds. The van der Waals surface area contributed by atoms with Crippen molar-refractivity contribution in [3.63, 3.8) is 0 Å². The third-order valence-corrected chi connectivity index (χ3v) is 2.34. The molecule has 1 aromatic heterocycles. The first-order valence-corrected chi connectivity index (χ1v) is 4.96. The number of hydrogen-bond acceptors (Lipinski definition) is 5. The molecule has 15 heavy (non-hydrogen) atoms. The Morgan fingerprint density at radius 1 is 1.73 bits per heavy atom. The standard InChI is InChI=1S/C8H11N3O2S.ClH/c1-2-13-6(12)3-5-4-14-8(11-5)7(9)10;/h4H,2-3H2,1H3,(H3,9,10);1H. The van der Waals surface area contributed by atoms with E-state index < -0.39 is 0 Å². The van der Waals surface area contributed by atoms with Crippen LogP contribution in [0.3, 0.4) is 0 Å². The molecule has 7 heteroatoms. The lowest BCUT2D eigenvalue weighted by Crippen LogP contribution is -2.11. The van der Waals surface area contributed by atoms with E-state index >= 15 is 0 Å². The van der Waals surface area contributed by atoms with Gasteiger partial charge in [0.1, 0.15) is 0 Å². The molecule has 0 saturated heterocycles. The maximum absolute atomic E-state index is 11.0. The number of amidine groups is 1. The Morgan fingerprint density at radius 3 is 2.87 bits per heavy atom. The van der Waals surface area contributed by atoms with Crippen LogP contribution in [0.4, 0.5) is 0 Å². The summed E-state index contributed by atoms with van der Waals surface area (Å²) >= 11 is 1.25. The minimum Gasteiger partial charge on any atom is -0.466 e. The molecule has 0 saturated carbocycles. The van der Waals surface area contributed by atoms with Crippen LogP contribution in [0.2, 0.25) is 0 Å². The molecule has 0 radical (unpaired) electrons. The summed E-state index contributed by atoms with van der Waals surface area (Å²) in [4.78, 5) is 15.0. The SMILES string of the molecule is CCOC(=O)Cc1csc(C(=N)N)n1.Cl. The summed E-state index contributed by atoms with van der Waals surface area (Å²) in [5.74, 6) is -0.391. The molecule has 0 aliphatic heterocycles. The van der Waals surface area contributed by atoms with E-state index in [4.69, 9.17) is 15.9 Å². The van der Waals surface area contributed by atoms with E-state index in [2.05, 4.69) is 4.98 Å². The Bertz CT molecular complexity index is 353. The van der Waals surface area contributed by atoms with Crippen molar-refractivity contribution in [2.24, 2.45) is 5.73 Å². The lowest BCUT2D eigenvalue weighted by Gasteiger charge is -1.97. The van der Waals surface area contributed by atoms with Gasteiger partial charge >= 0.3 is 5.97 Å². The molecule has 0 spiro atoms. The van der Waals surface area contributed by atoms with Crippen molar-refractivity contribution in [1.82, 2.24) is 4.98 Å². The quantitative estimate of drug-likeness (QED) is 0.472. The van der Waals surface area contributed by atoms with Crippen LogP contribution >= 0.6 is 23.7 Å². The number of rotatable bonds is 4. The van der Waals surface area contributed by atoms with Crippen molar-refractivity contribution in [3.8, 4) is 0 Å². The lowest BCUT2D eigenvalue weighted by molar-refractivity contribution is -0.142. The summed E-state index contributed by atoms with van der Waals surface area (Å²) < 4.78 is 4.76. The lowest BCUT2D eigenvalue weighted by atomic mass is 10.3. The number of nitrogens with zero attached hydrogens (tertiary/aromatic N) is 1. The van der Waals surface area contributed by atoms with E-state index in [9.17, 15) is 4.79 Å². The van der Waals surface area contributed by atoms with Crippen LogP contribution in [0.15, 0.2) is 5.38 Å². The van der Waals surface area contributed by atoms with Crippen LogP contribution in [-0.4, -0.2) is 23.4 Å². The highest BCUT2D eigenvalue weighted by atomic mass is 35.5. The fourth-order valence-electron chi connectivity index (χ4n) is 0.872. The average molecular weight is 250 g/mol. The molecule has 5 nitrogen and oxygen atoms in total. The smallest absolute Gasteiger partial charge is 0.311 e. The fourth-order valence-corrected chi connectivity index (χ4v) is 1.55. The summed E-state index contributed by atoms with van der Waals surface area (Å²) in [5.41, 5.74) is 5.83. The largest absolute Gasteiger partial charge is 0.466 e.